The van der Waals surface area contributed by atoms with Crippen LogP contribution in [0.25, 0.3) is 0 Å². The van der Waals surface area contributed by atoms with Crippen molar-refractivity contribution < 1.29 is 14.3 Å². The van der Waals surface area contributed by atoms with Gasteiger partial charge in [-0.25, -0.2) is 4.79 Å². The summed E-state index contributed by atoms with van der Waals surface area (Å²) >= 11 is 0. The predicted octanol–water partition coefficient (Wildman–Crippen LogP) is 3.65. The van der Waals surface area contributed by atoms with Crippen molar-refractivity contribution in [2.45, 2.75) is 13.0 Å². The first-order chi connectivity index (χ1) is 12.0. The number of carbonyl (C=O) groups is 1. The highest BCUT2D eigenvalue weighted by Crippen LogP contribution is 2.30. The molecule has 6 heteroatoms. The molecule has 0 radical (unpaired) electrons. The molecule has 0 saturated heterocycles. The number of ether oxygens (including phenoxy) is 2. The lowest BCUT2D eigenvalue weighted by Gasteiger charge is -2.20. The number of benzene rings is 2. The Morgan fingerprint density at radius 2 is 1.72 bits per heavy atom. The van der Waals surface area contributed by atoms with E-state index in [0.717, 1.165) is 16.9 Å². The second-order valence-corrected chi connectivity index (χ2v) is 5.85. The first-order valence-electron chi connectivity index (χ1n) is 8.02. The number of carbonyl (C=O) groups excluding carboxylic acids is 1. The zero-order chi connectivity index (χ0) is 18.4. The van der Waals surface area contributed by atoms with Gasteiger partial charge < -0.3 is 25.0 Å². The molecule has 2 rings (SSSR count). The van der Waals surface area contributed by atoms with Crippen LogP contribution in [0.4, 0.5) is 16.2 Å². The van der Waals surface area contributed by atoms with Crippen LogP contribution in [0.2, 0.25) is 0 Å². The SMILES string of the molecule is COc1ccc(C(C)NC(=O)Nc2ccccc2N(C)C)cc1OC. The summed E-state index contributed by atoms with van der Waals surface area (Å²) in [5, 5.41) is 5.83. The highest BCUT2D eigenvalue weighted by Gasteiger charge is 2.14. The van der Waals surface area contributed by atoms with E-state index in [9.17, 15) is 4.79 Å². The van der Waals surface area contributed by atoms with Gasteiger partial charge in [-0.3, -0.25) is 0 Å². The van der Waals surface area contributed by atoms with Crippen LogP contribution in [0.1, 0.15) is 18.5 Å². The van der Waals surface area contributed by atoms with Crippen LogP contribution in [0.15, 0.2) is 42.5 Å². The van der Waals surface area contributed by atoms with E-state index < -0.39 is 0 Å². The molecular formula is C19H25N3O3. The Bertz CT molecular complexity index is 732. The maximum absolute atomic E-state index is 12.4. The Morgan fingerprint density at radius 1 is 1.04 bits per heavy atom. The number of hydrogen-bond acceptors (Lipinski definition) is 4. The normalized spacial score (nSPS) is 11.4. The van der Waals surface area contributed by atoms with Crippen LogP contribution >= 0.6 is 0 Å². The van der Waals surface area contributed by atoms with Crippen molar-refractivity contribution in [2.75, 3.05) is 38.5 Å². The minimum absolute atomic E-state index is 0.189. The van der Waals surface area contributed by atoms with Gasteiger partial charge in [0.15, 0.2) is 11.5 Å². The molecule has 0 spiro atoms. The molecule has 0 aromatic heterocycles. The summed E-state index contributed by atoms with van der Waals surface area (Å²) in [4.78, 5) is 14.3. The van der Waals surface area contributed by atoms with Gasteiger partial charge in [0.05, 0.1) is 31.6 Å². The van der Waals surface area contributed by atoms with E-state index >= 15 is 0 Å². The van der Waals surface area contributed by atoms with Gasteiger partial charge >= 0.3 is 6.03 Å². The van der Waals surface area contributed by atoms with E-state index in [1.807, 2.05) is 68.4 Å². The van der Waals surface area contributed by atoms with Gasteiger partial charge in [0.25, 0.3) is 0 Å². The van der Waals surface area contributed by atoms with Gasteiger partial charge in [-0.15, -0.1) is 0 Å². The zero-order valence-electron chi connectivity index (χ0n) is 15.3. The summed E-state index contributed by atoms with van der Waals surface area (Å²) in [7, 11) is 7.05. The second-order valence-electron chi connectivity index (χ2n) is 5.85. The zero-order valence-corrected chi connectivity index (χ0v) is 15.3. The molecule has 0 aliphatic carbocycles. The van der Waals surface area contributed by atoms with E-state index in [0.29, 0.717) is 11.5 Å². The van der Waals surface area contributed by atoms with Crippen LogP contribution in [0.5, 0.6) is 11.5 Å². The number of nitrogens with one attached hydrogen (secondary N) is 2. The monoisotopic (exact) mass is 343 g/mol. The van der Waals surface area contributed by atoms with Crippen LogP contribution in [0, 0.1) is 0 Å². The third-order valence-corrected chi connectivity index (χ3v) is 3.89. The van der Waals surface area contributed by atoms with Crippen LogP contribution in [-0.4, -0.2) is 34.3 Å². The van der Waals surface area contributed by atoms with Gasteiger partial charge in [-0.1, -0.05) is 18.2 Å². The third kappa shape index (κ3) is 4.56. The van der Waals surface area contributed by atoms with Gasteiger partial charge in [0.1, 0.15) is 0 Å². The molecule has 2 aromatic carbocycles. The summed E-state index contributed by atoms with van der Waals surface area (Å²) < 4.78 is 10.5. The largest absolute Gasteiger partial charge is 0.493 e. The Hall–Kier alpha value is -2.89. The Kier molecular flexibility index (Phi) is 6.11. The molecule has 2 amide bonds. The predicted molar refractivity (Wildman–Crippen MR) is 101 cm³/mol. The fraction of sp³-hybridized carbons (Fsp3) is 0.316. The van der Waals surface area contributed by atoms with Gasteiger partial charge in [0.2, 0.25) is 0 Å². The van der Waals surface area contributed by atoms with Crippen LogP contribution in [-0.2, 0) is 0 Å². The second kappa shape index (κ2) is 8.28. The number of para-hydroxylation sites is 2. The summed E-state index contributed by atoms with van der Waals surface area (Å²) in [6.07, 6.45) is 0. The molecule has 2 N–H and O–H groups in total. The molecule has 0 saturated carbocycles. The topological polar surface area (TPSA) is 62.8 Å². The Balaban J connectivity index is 2.08. The standard InChI is InChI=1S/C19H25N3O3/c1-13(14-10-11-17(24-4)18(12-14)25-5)20-19(23)21-15-8-6-7-9-16(15)22(2)3/h6-13H,1-5H3,(H2,20,21,23). The highest BCUT2D eigenvalue weighted by atomic mass is 16.5. The number of anilines is 2. The molecule has 25 heavy (non-hydrogen) atoms. The lowest BCUT2D eigenvalue weighted by atomic mass is 10.1. The minimum atomic E-state index is -0.267. The molecule has 1 unspecified atom stereocenters. The average molecular weight is 343 g/mol. The molecule has 2 aromatic rings. The number of urea groups is 1. The quantitative estimate of drug-likeness (QED) is 0.840. The highest BCUT2D eigenvalue weighted by molar-refractivity contribution is 5.93. The number of amides is 2. The summed E-state index contributed by atoms with van der Waals surface area (Å²) in [5.41, 5.74) is 2.62. The molecule has 0 bridgehead atoms. The van der Waals surface area contributed by atoms with Crippen molar-refractivity contribution >= 4 is 17.4 Å². The van der Waals surface area contributed by atoms with E-state index in [1.165, 1.54) is 0 Å². The van der Waals surface area contributed by atoms with E-state index in [-0.39, 0.29) is 12.1 Å². The lowest BCUT2D eigenvalue weighted by molar-refractivity contribution is 0.249. The fourth-order valence-electron chi connectivity index (χ4n) is 2.53. The molecule has 0 aliphatic rings. The fourth-order valence-corrected chi connectivity index (χ4v) is 2.53. The average Bonchev–Trinajstić information content (AvgIpc) is 2.61. The van der Waals surface area contributed by atoms with Crippen molar-refractivity contribution in [3.8, 4) is 11.5 Å². The van der Waals surface area contributed by atoms with Gasteiger partial charge in [0, 0.05) is 14.1 Å². The molecule has 0 heterocycles. The smallest absolute Gasteiger partial charge is 0.319 e. The van der Waals surface area contributed by atoms with Crippen molar-refractivity contribution in [3.05, 3.63) is 48.0 Å². The first kappa shape index (κ1) is 18.4. The van der Waals surface area contributed by atoms with Crippen LogP contribution < -0.4 is 25.0 Å². The molecule has 0 aliphatic heterocycles. The van der Waals surface area contributed by atoms with Crippen molar-refractivity contribution in [1.82, 2.24) is 5.32 Å². The van der Waals surface area contributed by atoms with Gasteiger partial charge in [-0.2, -0.15) is 0 Å². The lowest BCUT2D eigenvalue weighted by Crippen LogP contribution is -2.31. The first-order valence-corrected chi connectivity index (χ1v) is 8.02. The maximum Gasteiger partial charge on any atom is 0.319 e. The van der Waals surface area contributed by atoms with Crippen molar-refractivity contribution in [3.63, 3.8) is 0 Å². The molecule has 134 valence electrons. The summed E-state index contributed by atoms with van der Waals surface area (Å²) in [6.45, 7) is 1.92. The third-order valence-electron chi connectivity index (χ3n) is 3.89. The summed E-state index contributed by atoms with van der Waals surface area (Å²) in [6, 6.07) is 12.8. The van der Waals surface area contributed by atoms with Gasteiger partial charge in [-0.05, 0) is 36.8 Å². The molecule has 0 fully saturated rings. The Morgan fingerprint density at radius 3 is 2.36 bits per heavy atom. The Labute approximate surface area is 148 Å². The molecule has 1 atom stereocenters. The minimum Gasteiger partial charge on any atom is -0.493 e. The number of methoxy groups -OCH3 is 2. The molecular weight excluding hydrogens is 318 g/mol. The molecule has 6 nitrogen and oxygen atoms in total. The number of nitrogens with zero attached hydrogens (tertiary/aromatic N) is 1. The summed E-state index contributed by atoms with van der Waals surface area (Å²) in [5.74, 6) is 1.29. The van der Waals surface area contributed by atoms with E-state index in [2.05, 4.69) is 10.6 Å². The van der Waals surface area contributed by atoms with E-state index in [1.54, 1.807) is 14.2 Å². The maximum atomic E-state index is 12.4. The van der Waals surface area contributed by atoms with Crippen molar-refractivity contribution in [2.24, 2.45) is 0 Å². The van der Waals surface area contributed by atoms with E-state index in [4.69, 9.17) is 9.47 Å². The number of rotatable bonds is 6. The van der Waals surface area contributed by atoms with Crippen molar-refractivity contribution in [1.29, 1.82) is 0 Å². The number of hydrogen-bond donors (Lipinski definition) is 2. The van der Waals surface area contributed by atoms with Crippen LogP contribution in [0.3, 0.4) is 0 Å².